The van der Waals surface area contributed by atoms with Crippen LogP contribution >= 0.6 is 0 Å². The summed E-state index contributed by atoms with van der Waals surface area (Å²) in [7, 11) is 0. The number of hydrogen-bond acceptors (Lipinski definition) is 2. The summed E-state index contributed by atoms with van der Waals surface area (Å²) < 4.78 is 0. The van der Waals surface area contributed by atoms with Gasteiger partial charge in [-0.1, -0.05) is 37.3 Å². The molecule has 0 saturated heterocycles. The van der Waals surface area contributed by atoms with E-state index in [-0.39, 0.29) is 6.04 Å². The van der Waals surface area contributed by atoms with Gasteiger partial charge >= 0.3 is 0 Å². The van der Waals surface area contributed by atoms with Crippen LogP contribution in [-0.4, -0.2) is 17.8 Å². The molecular weight excluding hydrogens is 234 g/mol. The highest BCUT2D eigenvalue weighted by atomic mass is 14.9. The van der Waals surface area contributed by atoms with E-state index in [0.29, 0.717) is 0 Å². The Morgan fingerprint density at radius 2 is 2.00 bits per heavy atom. The van der Waals surface area contributed by atoms with Crippen molar-refractivity contribution < 1.29 is 0 Å². The van der Waals surface area contributed by atoms with Gasteiger partial charge in [-0.15, -0.1) is 0 Å². The van der Waals surface area contributed by atoms with E-state index in [9.17, 15) is 0 Å². The number of nitrogens with zero attached hydrogens (tertiary/aromatic N) is 2. The highest BCUT2D eigenvalue weighted by Gasteiger charge is 2.03. The van der Waals surface area contributed by atoms with Crippen LogP contribution in [0.2, 0.25) is 0 Å². The third-order valence-electron chi connectivity index (χ3n) is 2.97. The van der Waals surface area contributed by atoms with Crippen LogP contribution in [-0.2, 0) is 0 Å². The van der Waals surface area contributed by atoms with Gasteiger partial charge in [0.15, 0.2) is 0 Å². The summed E-state index contributed by atoms with van der Waals surface area (Å²) >= 11 is 0. The fourth-order valence-electron chi connectivity index (χ4n) is 1.89. The summed E-state index contributed by atoms with van der Waals surface area (Å²) in [6.45, 7) is 6.12. The first-order valence-corrected chi connectivity index (χ1v) is 6.82. The molecule has 0 amide bonds. The van der Waals surface area contributed by atoms with Gasteiger partial charge in [0, 0.05) is 5.71 Å². The molecule has 0 saturated carbocycles. The van der Waals surface area contributed by atoms with Crippen LogP contribution in [0.3, 0.4) is 0 Å². The van der Waals surface area contributed by atoms with Gasteiger partial charge in [-0.3, -0.25) is 4.99 Å². The van der Waals surface area contributed by atoms with Crippen LogP contribution in [0.5, 0.6) is 0 Å². The van der Waals surface area contributed by atoms with Crippen molar-refractivity contribution >= 4 is 17.8 Å². The van der Waals surface area contributed by atoms with Crippen molar-refractivity contribution in [2.45, 2.75) is 46.1 Å². The van der Waals surface area contributed by atoms with Gasteiger partial charge in [0.2, 0.25) is 0 Å². The Hall–Kier alpha value is -1.77. The Kier molecular flexibility index (Phi) is 6.72. The van der Waals surface area contributed by atoms with Gasteiger partial charge in [-0.05, 0) is 44.9 Å². The SMILES string of the molecule is CC/C(CCC=N)=N\C(C)=N/C(C)c1ccccc1. The van der Waals surface area contributed by atoms with Gasteiger partial charge in [-0.25, -0.2) is 4.99 Å². The summed E-state index contributed by atoms with van der Waals surface area (Å²) in [5.74, 6) is 0.818. The Morgan fingerprint density at radius 1 is 1.32 bits per heavy atom. The molecule has 1 N–H and O–H groups in total. The molecule has 0 aliphatic carbocycles. The smallest absolute Gasteiger partial charge is 0.120 e. The Bertz CT molecular complexity index is 446. The number of hydrogen-bond donors (Lipinski definition) is 1. The average molecular weight is 257 g/mol. The van der Waals surface area contributed by atoms with Crippen molar-refractivity contribution in [3.05, 3.63) is 35.9 Å². The quantitative estimate of drug-likeness (QED) is 0.578. The van der Waals surface area contributed by atoms with Gasteiger partial charge in [0.25, 0.3) is 0 Å². The van der Waals surface area contributed by atoms with E-state index in [4.69, 9.17) is 5.41 Å². The monoisotopic (exact) mass is 257 g/mol. The van der Waals surface area contributed by atoms with E-state index in [1.165, 1.54) is 11.8 Å². The van der Waals surface area contributed by atoms with Crippen LogP contribution in [0.15, 0.2) is 40.3 Å². The molecule has 19 heavy (non-hydrogen) atoms. The minimum atomic E-state index is 0.130. The van der Waals surface area contributed by atoms with Gasteiger partial charge in [-0.2, -0.15) is 0 Å². The highest BCUT2D eigenvalue weighted by Crippen LogP contribution is 2.16. The Morgan fingerprint density at radius 3 is 2.58 bits per heavy atom. The number of nitrogens with one attached hydrogen (secondary N) is 1. The van der Waals surface area contributed by atoms with Crippen molar-refractivity contribution in [1.29, 1.82) is 5.41 Å². The summed E-state index contributed by atoms with van der Waals surface area (Å²) in [6, 6.07) is 10.4. The lowest BCUT2D eigenvalue weighted by molar-refractivity contribution is 0.817. The van der Waals surface area contributed by atoms with Crippen molar-refractivity contribution in [1.82, 2.24) is 0 Å². The molecule has 1 aromatic carbocycles. The molecule has 102 valence electrons. The fourth-order valence-corrected chi connectivity index (χ4v) is 1.89. The topological polar surface area (TPSA) is 48.6 Å². The van der Waals surface area contributed by atoms with E-state index in [0.717, 1.165) is 30.8 Å². The standard InChI is InChI=1S/C16H23N3/c1-4-16(11-8-12-17)19-14(3)18-13(2)15-9-6-5-7-10-15/h5-7,9-10,12-13,17H,4,8,11H2,1-3H3/b17-12?,18-14-,19-16+. The lowest BCUT2D eigenvalue weighted by Gasteiger charge is -2.08. The number of amidine groups is 1. The number of benzene rings is 1. The maximum atomic E-state index is 7.07. The van der Waals surface area contributed by atoms with Crippen LogP contribution in [0, 0.1) is 5.41 Å². The van der Waals surface area contributed by atoms with Crippen molar-refractivity contribution in [3.63, 3.8) is 0 Å². The zero-order chi connectivity index (χ0) is 14.1. The van der Waals surface area contributed by atoms with Gasteiger partial charge < -0.3 is 5.41 Å². The summed E-state index contributed by atoms with van der Waals surface area (Å²) in [4.78, 5) is 9.18. The average Bonchev–Trinajstić information content (AvgIpc) is 2.44. The fraction of sp³-hybridized carbons (Fsp3) is 0.438. The molecule has 3 nitrogen and oxygen atoms in total. The van der Waals surface area contributed by atoms with Crippen molar-refractivity contribution in [2.75, 3.05) is 0 Å². The molecule has 1 rings (SSSR count). The summed E-state index contributed by atoms with van der Waals surface area (Å²) in [6.07, 6.45) is 3.96. The first-order valence-electron chi connectivity index (χ1n) is 6.82. The van der Waals surface area contributed by atoms with E-state index in [1.807, 2.05) is 25.1 Å². The van der Waals surface area contributed by atoms with Crippen molar-refractivity contribution in [3.8, 4) is 0 Å². The number of aliphatic imine (C=N–C) groups is 2. The summed E-state index contributed by atoms with van der Waals surface area (Å²) in [5, 5.41) is 7.07. The molecular formula is C16H23N3. The van der Waals surface area contributed by atoms with E-state index in [1.54, 1.807) is 0 Å². The zero-order valence-electron chi connectivity index (χ0n) is 12.1. The van der Waals surface area contributed by atoms with E-state index < -0.39 is 0 Å². The predicted octanol–water partition coefficient (Wildman–Crippen LogP) is 4.45. The molecule has 0 aromatic heterocycles. The highest BCUT2D eigenvalue weighted by molar-refractivity contribution is 5.97. The first kappa shape index (κ1) is 15.3. The largest absolute Gasteiger partial charge is 0.313 e. The maximum Gasteiger partial charge on any atom is 0.120 e. The molecule has 0 radical (unpaired) electrons. The number of rotatable bonds is 6. The molecule has 0 fully saturated rings. The summed E-state index contributed by atoms with van der Waals surface area (Å²) in [5.41, 5.74) is 2.32. The van der Waals surface area contributed by atoms with E-state index >= 15 is 0 Å². The van der Waals surface area contributed by atoms with E-state index in [2.05, 4.69) is 36.0 Å². The van der Waals surface area contributed by atoms with Crippen LogP contribution in [0.1, 0.15) is 51.6 Å². The van der Waals surface area contributed by atoms with Crippen molar-refractivity contribution in [2.24, 2.45) is 9.98 Å². The predicted molar refractivity (Wildman–Crippen MR) is 83.7 cm³/mol. The van der Waals surface area contributed by atoms with Crippen LogP contribution in [0.25, 0.3) is 0 Å². The molecule has 0 spiro atoms. The molecule has 0 bridgehead atoms. The molecule has 1 unspecified atom stereocenters. The lowest BCUT2D eigenvalue weighted by atomic mass is 10.1. The zero-order valence-corrected chi connectivity index (χ0v) is 12.1. The Labute approximate surface area is 116 Å². The third kappa shape index (κ3) is 5.60. The molecule has 0 aliphatic rings. The second-order valence-corrected chi connectivity index (χ2v) is 4.54. The maximum absolute atomic E-state index is 7.07. The lowest BCUT2D eigenvalue weighted by Crippen LogP contribution is -2.02. The second kappa shape index (κ2) is 8.35. The molecule has 1 aromatic rings. The third-order valence-corrected chi connectivity index (χ3v) is 2.97. The van der Waals surface area contributed by atoms with Crippen LogP contribution < -0.4 is 0 Å². The second-order valence-electron chi connectivity index (χ2n) is 4.54. The normalized spacial score (nSPS) is 14.3. The van der Waals surface area contributed by atoms with Gasteiger partial charge in [0.1, 0.15) is 5.84 Å². The minimum Gasteiger partial charge on any atom is -0.313 e. The molecule has 0 heterocycles. The molecule has 3 heteroatoms. The molecule has 1 atom stereocenters. The first-order chi connectivity index (χ1) is 9.17. The van der Waals surface area contributed by atoms with Gasteiger partial charge in [0.05, 0.1) is 6.04 Å². The molecule has 0 aliphatic heterocycles. The van der Waals surface area contributed by atoms with Crippen LogP contribution in [0.4, 0.5) is 0 Å². The minimum absolute atomic E-state index is 0.130. The Balaban J connectivity index is 2.75.